The largest absolute Gasteiger partial charge is 0.464 e. The van der Waals surface area contributed by atoms with Crippen LogP contribution in [0.3, 0.4) is 0 Å². The van der Waals surface area contributed by atoms with Crippen molar-refractivity contribution < 1.29 is 13.9 Å². The van der Waals surface area contributed by atoms with Gasteiger partial charge in [-0.2, -0.15) is 0 Å². The highest BCUT2D eigenvalue weighted by atomic mass is 16.5. The highest BCUT2D eigenvalue weighted by molar-refractivity contribution is 6.06. The van der Waals surface area contributed by atoms with E-state index in [1.54, 1.807) is 6.07 Å². The molecular weight excluding hydrogens is 302 g/mol. The van der Waals surface area contributed by atoms with Crippen molar-refractivity contribution in [3.8, 4) is 0 Å². The first-order valence-corrected chi connectivity index (χ1v) is 7.82. The molecule has 0 saturated heterocycles. The van der Waals surface area contributed by atoms with Crippen molar-refractivity contribution in [3.05, 3.63) is 71.4 Å². The summed E-state index contributed by atoms with van der Waals surface area (Å²) in [6, 6.07) is 17.9. The fourth-order valence-electron chi connectivity index (χ4n) is 3.06. The molecule has 24 heavy (non-hydrogen) atoms. The van der Waals surface area contributed by atoms with E-state index >= 15 is 0 Å². The molecule has 2 aromatic heterocycles. The van der Waals surface area contributed by atoms with Gasteiger partial charge in [0.1, 0.15) is 11.3 Å². The highest BCUT2D eigenvalue weighted by Gasteiger charge is 2.21. The van der Waals surface area contributed by atoms with Crippen molar-refractivity contribution in [2.75, 3.05) is 7.11 Å². The summed E-state index contributed by atoms with van der Waals surface area (Å²) in [5.41, 5.74) is 5.26. The molecule has 0 aliphatic rings. The third-order valence-electron chi connectivity index (χ3n) is 4.28. The number of hydrogen-bond acceptors (Lipinski definition) is 3. The van der Waals surface area contributed by atoms with Crippen molar-refractivity contribution >= 4 is 28.0 Å². The molecule has 0 atom stereocenters. The number of furan rings is 1. The van der Waals surface area contributed by atoms with Gasteiger partial charge in [-0.05, 0) is 24.6 Å². The number of esters is 1. The van der Waals surface area contributed by atoms with Gasteiger partial charge >= 0.3 is 5.97 Å². The molecule has 0 aliphatic carbocycles. The molecule has 0 unspecified atom stereocenters. The minimum absolute atomic E-state index is 0.363. The second-order valence-corrected chi connectivity index (χ2v) is 5.90. The summed E-state index contributed by atoms with van der Waals surface area (Å²) in [6.45, 7) is 2.64. The zero-order valence-electron chi connectivity index (χ0n) is 13.6. The van der Waals surface area contributed by atoms with Gasteiger partial charge in [-0.15, -0.1) is 0 Å². The topological polar surface area (TPSA) is 44.4 Å². The Bertz CT molecular complexity index is 1040. The monoisotopic (exact) mass is 319 g/mol. The number of benzene rings is 2. The number of hydrogen-bond donors (Lipinski definition) is 0. The summed E-state index contributed by atoms with van der Waals surface area (Å²) in [6.07, 6.45) is 0. The Morgan fingerprint density at radius 1 is 1.08 bits per heavy atom. The van der Waals surface area contributed by atoms with Crippen molar-refractivity contribution in [1.82, 2.24) is 4.57 Å². The summed E-state index contributed by atoms with van der Waals surface area (Å²) in [5, 5.41) is 0.995. The fraction of sp³-hybridized carbons (Fsp3) is 0.150. The van der Waals surface area contributed by atoms with Gasteiger partial charge in [-0.25, -0.2) is 4.79 Å². The minimum atomic E-state index is -0.363. The second kappa shape index (κ2) is 5.57. The fourth-order valence-corrected chi connectivity index (χ4v) is 3.06. The first kappa shape index (κ1) is 14.6. The number of methoxy groups -OCH3 is 1. The van der Waals surface area contributed by atoms with Gasteiger partial charge in [0.15, 0.2) is 5.58 Å². The number of rotatable bonds is 3. The van der Waals surface area contributed by atoms with E-state index < -0.39 is 0 Å². The molecular formula is C20H17NO3. The van der Waals surface area contributed by atoms with Crippen LogP contribution in [0.5, 0.6) is 0 Å². The van der Waals surface area contributed by atoms with Crippen molar-refractivity contribution in [3.63, 3.8) is 0 Å². The normalized spacial score (nSPS) is 11.2. The number of fused-ring (bicyclic) bond motifs is 3. The number of nitrogens with zero attached hydrogens (tertiary/aromatic N) is 1. The molecule has 4 aromatic rings. The van der Waals surface area contributed by atoms with Gasteiger partial charge in [0.05, 0.1) is 12.6 Å². The maximum Gasteiger partial charge on any atom is 0.354 e. The zero-order valence-corrected chi connectivity index (χ0v) is 13.6. The van der Waals surface area contributed by atoms with Crippen LogP contribution in [0.2, 0.25) is 0 Å². The highest BCUT2D eigenvalue weighted by Crippen LogP contribution is 2.32. The van der Waals surface area contributed by atoms with Gasteiger partial charge in [0.25, 0.3) is 0 Å². The molecule has 4 nitrogen and oxygen atoms in total. The average molecular weight is 319 g/mol. The molecule has 0 fully saturated rings. The minimum Gasteiger partial charge on any atom is -0.464 e. The molecule has 4 rings (SSSR count). The van der Waals surface area contributed by atoms with Crippen LogP contribution in [0.1, 0.15) is 21.6 Å². The van der Waals surface area contributed by atoms with Crippen LogP contribution in [-0.4, -0.2) is 17.6 Å². The molecule has 4 heteroatoms. The zero-order chi connectivity index (χ0) is 16.7. The summed E-state index contributed by atoms with van der Waals surface area (Å²) < 4.78 is 12.8. The number of carbonyl (C=O) groups excluding carboxylic acids is 1. The SMILES string of the molecule is COC(=O)c1cc2oc3ccccc3c2n1Cc1ccc(C)cc1. The van der Waals surface area contributed by atoms with Crippen molar-refractivity contribution in [2.45, 2.75) is 13.5 Å². The molecule has 120 valence electrons. The van der Waals surface area contributed by atoms with E-state index in [9.17, 15) is 4.79 Å². The standard InChI is InChI=1S/C20H17NO3/c1-13-7-9-14(10-8-13)12-21-16(20(22)23-2)11-18-19(21)15-5-3-4-6-17(15)24-18/h3-11H,12H2,1-2H3. The van der Waals surface area contributed by atoms with Gasteiger partial charge in [0, 0.05) is 18.0 Å². The molecule has 0 amide bonds. The molecule has 2 aromatic carbocycles. The lowest BCUT2D eigenvalue weighted by atomic mass is 10.1. The number of para-hydroxylation sites is 1. The molecule has 0 spiro atoms. The van der Waals surface area contributed by atoms with Crippen molar-refractivity contribution in [2.24, 2.45) is 0 Å². The molecule has 0 radical (unpaired) electrons. The maximum absolute atomic E-state index is 12.2. The van der Waals surface area contributed by atoms with Gasteiger partial charge in [-0.3, -0.25) is 0 Å². The molecule has 0 aliphatic heterocycles. The van der Waals surface area contributed by atoms with Gasteiger partial charge < -0.3 is 13.7 Å². The lowest BCUT2D eigenvalue weighted by Gasteiger charge is -2.09. The van der Waals surface area contributed by atoms with Crippen LogP contribution in [-0.2, 0) is 11.3 Å². The Labute approximate surface area is 139 Å². The van der Waals surface area contributed by atoms with Crippen LogP contribution in [0, 0.1) is 6.92 Å². The van der Waals surface area contributed by atoms with Gasteiger partial charge in [0.2, 0.25) is 0 Å². The maximum atomic E-state index is 12.2. The van der Waals surface area contributed by atoms with E-state index in [1.165, 1.54) is 12.7 Å². The number of aromatic nitrogens is 1. The van der Waals surface area contributed by atoms with Crippen LogP contribution >= 0.6 is 0 Å². The van der Waals surface area contributed by atoms with Crippen LogP contribution in [0.4, 0.5) is 0 Å². The van der Waals surface area contributed by atoms with Crippen LogP contribution in [0.25, 0.3) is 22.1 Å². The Morgan fingerprint density at radius 2 is 1.83 bits per heavy atom. The Balaban J connectivity index is 1.94. The summed E-state index contributed by atoms with van der Waals surface area (Å²) in [7, 11) is 1.39. The molecule has 0 bridgehead atoms. The first-order chi connectivity index (χ1) is 11.7. The molecule has 0 N–H and O–H groups in total. The Hall–Kier alpha value is -3.01. The van der Waals surface area contributed by atoms with Crippen LogP contribution in [0.15, 0.2) is 59.0 Å². The van der Waals surface area contributed by atoms with E-state index in [0.29, 0.717) is 17.8 Å². The second-order valence-electron chi connectivity index (χ2n) is 5.90. The predicted molar refractivity (Wildman–Crippen MR) is 93.3 cm³/mol. The van der Waals surface area contributed by atoms with E-state index in [2.05, 4.69) is 31.2 Å². The molecule has 2 heterocycles. The lowest BCUT2D eigenvalue weighted by molar-refractivity contribution is 0.0589. The average Bonchev–Trinajstić information content (AvgIpc) is 3.13. The quantitative estimate of drug-likeness (QED) is 0.521. The summed E-state index contributed by atoms with van der Waals surface area (Å²) >= 11 is 0. The number of ether oxygens (including phenoxy) is 1. The smallest absolute Gasteiger partial charge is 0.354 e. The summed E-state index contributed by atoms with van der Waals surface area (Å²) in [5.74, 6) is -0.363. The third-order valence-corrected chi connectivity index (χ3v) is 4.28. The lowest BCUT2D eigenvalue weighted by Crippen LogP contribution is -2.11. The first-order valence-electron chi connectivity index (χ1n) is 7.82. The van der Waals surface area contributed by atoms with Crippen molar-refractivity contribution in [1.29, 1.82) is 0 Å². The Kier molecular flexibility index (Phi) is 3.38. The van der Waals surface area contributed by atoms with Gasteiger partial charge in [-0.1, -0.05) is 42.0 Å². The third kappa shape index (κ3) is 2.27. The predicted octanol–water partition coefficient (Wildman–Crippen LogP) is 4.53. The number of carbonyl (C=O) groups is 1. The molecule has 0 saturated carbocycles. The summed E-state index contributed by atoms with van der Waals surface area (Å²) in [4.78, 5) is 12.2. The van der Waals surface area contributed by atoms with E-state index in [0.717, 1.165) is 22.0 Å². The van der Waals surface area contributed by atoms with E-state index in [-0.39, 0.29) is 5.97 Å². The van der Waals surface area contributed by atoms with E-state index in [1.807, 2.05) is 28.8 Å². The number of aryl methyl sites for hydroxylation is 1. The van der Waals surface area contributed by atoms with E-state index in [4.69, 9.17) is 9.15 Å². The Morgan fingerprint density at radius 3 is 2.58 bits per heavy atom. The van der Waals surface area contributed by atoms with Crippen LogP contribution < -0.4 is 0 Å².